The zero-order valence-electron chi connectivity index (χ0n) is 12.9. The number of benzene rings is 1. The Labute approximate surface area is 130 Å². The Balaban J connectivity index is 1.76. The van der Waals surface area contributed by atoms with Gasteiger partial charge in [-0.3, -0.25) is 9.59 Å². The second-order valence-corrected chi connectivity index (χ2v) is 5.31. The topological polar surface area (TPSA) is 76.7 Å². The first kappa shape index (κ1) is 16.3. The third-order valence-electron chi connectivity index (χ3n) is 3.63. The van der Waals surface area contributed by atoms with Crippen LogP contribution in [0.25, 0.3) is 0 Å². The summed E-state index contributed by atoms with van der Waals surface area (Å²) in [6.45, 7) is 1.19. The van der Waals surface area contributed by atoms with Crippen molar-refractivity contribution in [2.75, 3.05) is 32.7 Å². The third kappa shape index (κ3) is 4.46. The number of rotatable bonds is 8. The largest absolute Gasteiger partial charge is 0.497 e. The van der Waals surface area contributed by atoms with Crippen LogP contribution in [0.5, 0.6) is 5.75 Å². The lowest BCUT2D eigenvalue weighted by molar-refractivity contribution is -0.125. The van der Waals surface area contributed by atoms with Gasteiger partial charge in [0.15, 0.2) is 0 Å². The van der Waals surface area contributed by atoms with E-state index in [1.165, 1.54) is 0 Å². The summed E-state index contributed by atoms with van der Waals surface area (Å²) in [5.41, 5.74) is 0.676. The van der Waals surface area contributed by atoms with Crippen molar-refractivity contribution < 1.29 is 19.1 Å². The van der Waals surface area contributed by atoms with Gasteiger partial charge in [-0.25, -0.2) is 0 Å². The summed E-state index contributed by atoms with van der Waals surface area (Å²) < 4.78 is 10.0. The molecule has 0 radical (unpaired) electrons. The smallest absolute Gasteiger partial charge is 0.228 e. The molecule has 0 aliphatic heterocycles. The molecule has 0 aromatic heterocycles. The fraction of sp³-hybridized carbons (Fsp3) is 0.500. The minimum atomic E-state index is -0.242. The van der Waals surface area contributed by atoms with Crippen LogP contribution in [0.2, 0.25) is 0 Å². The molecule has 2 unspecified atom stereocenters. The molecule has 2 amide bonds. The molecule has 2 N–H and O–H groups in total. The first-order valence-corrected chi connectivity index (χ1v) is 7.37. The van der Waals surface area contributed by atoms with Crippen LogP contribution in [0, 0.1) is 11.8 Å². The molecule has 1 aliphatic carbocycles. The fourth-order valence-electron chi connectivity index (χ4n) is 2.27. The number of carbonyl (C=O) groups excluding carboxylic acids is 2. The van der Waals surface area contributed by atoms with Crippen molar-refractivity contribution in [1.82, 2.24) is 5.32 Å². The van der Waals surface area contributed by atoms with Crippen LogP contribution >= 0.6 is 0 Å². The summed E-state index contributed by atoms with van der Waals surface area (Å²) in [5, 5.41) is 5.65. The Morgan fingerprint density at radius 2 is 2.00 bits per heavy atom. The maximum Gasteiger partial charge on any atom is 0.228 e. The molecule has 22 heavy (non-hydrogen) atoms. The van der Waals surface area contributed by atoms with E-state index in [4.69, 9.17) is 9.47 Å². The van der Waals surface area contributed by atoms with Gasteiger partial charge in [0.25, 0.3) is 0 Å². The summed E-state index contributed by atoms with van der Waals surface area (Å²) in [6, 6.07) is 7.16. The highest BCUT2D eigenvalue weighted by molar-refractivity contribution is 5.99. The second kappa shape index (κ2) is 7.79. The number of nitrogens with one attached hydrogen (secondary N) is 2. The number of hydrogen-bond acceptors (Lipinski definition) is 4. The Kier molecular flexibility index (Phi) is 5.77. The van der Waals surface area contributed by atoms with Crippen LogP contribution < -0.4 is 15.4 Å². The standard InChI is InChI=1S/C16H22N2O4/c1-21-8-4-7-17-15(19)13-10-14(13)16(20)18-11-5-3-6-12(9-11)22-2/h3,5-6,9,13-14H,4,7-8,10H2,1-2H3,(H,17,19)(H,18,20). The van der Waals surface area contributed by atoms with Crippen molar-refractivity contribution in [2.24, 2.45) is 11.8 Å². The van der Waals surface area contributed by atoms with Crippen molar-refractivity contribution in [1.29, 1.82) is 0 Å². The highest BCUT2D eigenvalue weighted by Gasteiger charge is 2.47. The van der Waals surface area contributed by atoms with Gasteiger partial charge in [0.2, 0.25) is 11.8 Å². The average molecular weight is 306 g/mol. The van der Waals surface area contributed by atoms with Crippen LogP contribution in [0.3, 0.4) is 0 Å². The number of methoxy groups -OCH3 is 2. The number of anilines is 1. The molecule has 2 rings (SSSR count). The molecule has 1 fully saturated rings. The van der Waals surface area contributed by atoms with Crippen molar-refractivity contribution >= 4 is 17.5 Å². The summed E-state index contributed by atoms with van der Waals surface area (Å²) in [5.74, 6) is 0.0509. The molecule has 6 nitrogen and oxygen atoms in total. The van der Waals surface area contributed by atoms with Crippen molar-refractivity contribution in [3.05, 3.63) is 24.3 Å². The van der Waals surface area contributed by atoms with Crippen molar-refractivity contribution in [3.8, 4) is 5.75 Å². The zero-order valence-corrected chi connectivity index (χ0v) is 12.9. The number of hydrogen-bond donors (Lipinski definition) is 2. The molecular weight excluding hydrogens is 284 g/mol. The molecule has 120 valence electrons. The van der Waals surface area contributed by atoms with E-state index in [0.717, 1.165) is 6.42 Å². The van der Waals surface area contributed by atoms with Gasteiger partial charge in [0.1, 0.15) is 5.75 Å². The third-order valence-corrected chi connectivity index (χ3v) is 3.63. The lowest BCUT2D eigenvalue weighted by Gasteiger charge is -2.07. The van der Waals surface area contributed by atoms with Gasteiger partial charge in [0.05, 0.1) is 18.9 Å². The predicted molar refractivity (Wildman–Crippen MR) is 82.7 cm³/mol. The Hall–Kier alpha value is -2.08. The molecule has 1 aromatic carbocycles. The Morgan fingerprint density at radius 1 is 1.23 bits per heavy atom. The number of ether oxygens (including phenoxy) is 2. The van der Waals surface area contributed by atoms with Gasteiger partial charge in [-0.2, -0.15) is 0 Å². The highest BCUT2D eigenvalue weighted by atomic mass is 16.5. The van der Waals surface area contributed by atoms with Crippen molar-refractivity contribution in [3.63, 3.8) is 0 Å². The quantitative estimate of drug-likeness (QED) is 0.712. The minimum absolute atomic E-state index is 0.0538. The van der Waals surface area contributed by atoms with Gasteiger partial charge >= 0.3 is 0 Å². The van der Waals surface area contributed by atoms with Crippen LogP contribution in [-0.4, -0.2) is 39.2 Å². The Bertz CT molecular complexity index is 533. The normalized spacial score (nSPS) is 19.4. The highest BCUT2D eigenvalue weighted by Crippen LogP contribution is 2.39. The fourth-order valence-corrected chi connectivity index (χ4v) is 2.27. The van der Waals surface area contributed by atoms with Crippen LogP contribution in [0.15, 0.2) is 24.3 Å². The maximum absolute atomic E-state index is 12.1. The molecule has 0 saturated heterocycles. The number of amides is 2. The summed E-state index contributed by atoms with van der Waals surface area (Å²) in [6.07, 6.45) is 1.38. The van der Waals surface area contributed by atoms with Crippen LogP contribution in [0.1, 0.15) is 12.8 Å². The summed E-state index contributed by atoms with van der Waals surface area (Å²) >= 11 is 0. The molecule has 6 heteroatoms. The lowest BCUT2D eigenvalue weighted by Crippen LogP contribution is -2.28. The SMILES string of the molecule is COCCCNC(=O)C1CC1C(=O)Nc1cccc(OC)c1. The number of carbonyl (C=O) groups is 2. The van der Waals surface area contributed by atoms with E-state index in [0.29, 0.717) is 31.0 Å². The monoisotopic (exact) mass is 306 g/mol. The molecule has 2 atom stereocenters. The average Bonchev–Trinajstić information content (AvgIpc) is 3.32. The molecule has 1 saturated carbocycles. The van der Waals surface area contributed by atoms with E-state index >= 15 is 0 Å². The van der Waals surface area contributed by atoms with E-state index in [2.05, 4.69) is 10.6 Å². The summed E-state index contributed by atoms with van der Waals surface area (Å²) in [4.78, 5) is 24.0. The molecule has 0 heterocycles. The molecule has 1 aliphatic rings. The van der Waals surface area contributed by atoms with Crippen molar-refractivity contribution in [2.45, 2.75) is 12.8 Å². The maximum atomic E-state index is 12.1. The first-order chi connectivity index (χ1) is 10.7. The predicted octanol–water partition coefficient (Wildman–Crippen LogP) is 1.42. The van der Waals surface area contributed by atoms with Gasteiger partial charge < -0.3 is 20.1 Å². The molecular formula is C16H22N2O4. The summed E-state index contributed by atoms with van der Waals surface area (Å²) in [7, 11) is 3.20. The van der Waals surface area contributed by atoms with Gasteiger partial charge in [-0.05, 0) is 25.0 Å². The van der Waals surface area contributed by atoms with Gasteiger partial charge in [0, 0.05) is 32.0 Å². The molecule has 0 bridgehead atoms. The first-order valence-electron chi connectivity index (χ1n) is 7.37. The second-order valence-electron chi connectivity index (χ2n) is 5.31. The van der Waals surface area contributed by atoms with Crippen LogP contribution in [-0.2, 0) is 14.3 Å². The zero-order chi connectivity index (χ0) is 15.9. The van der Waals surface area contributed by atoms with Crippen LogP contribution in [0.4, 0.5) is 5.69 Å². The van der Waals surface area contributed by atoms with Gasteiger partial charge in [-0.15, -0.1) is 0 Å². The lowest BCUT2D eigenvalue weighted by atomic mass is 10.2. The molecule has 0 spiro atoms. The molecule has 1 aromatic rings. The van der Waals surface area contributed by atoms with E-state index in [1.807, 2.05) is 6.07 Å². The van der Waals surface area contributed by atoms with Gasteiger partial charge in [-0.1, -0.05) is 6.07 Å². The van der Waals surface area contributed by atoms with E-state index in [1.54, 1.807) is 32.4 Å². The van der Waals surface area contributed by atoms with E-state index in [9.17, 15) is 9.59 Å². The minimum Gasteiger partial charge on any atom is -0.497 e. The van der Waals surface area contributed by atoms with E-state index in [-0.39, 0.29) is 23.7 Å². The van der Waals surface area contributed by atoms with E-state index < -0.39 is 0 Å². The Morgan fingerprint density at radius 3 is 2.73 bits per heavy atom.